The molecule has 2 aliphatic rings. The van der Waals surface area contributed by atoms with E-state index in [2.05, 4.69) is 34.4 Å². The molecule has 2 N–H and O–H groups in total. The van der Waals surface area contributed by atoms with Crippen LogP contribution < -0.4 is 10.6 Å². The summed E-state index contributed by atoms with van der Waals surface area (Å²) >= 11 is 1.62. The monoisotopic (exact) mass is 366 g/mol. The third-order valence-electron chi connectivity index (χ3n) is 4.65. The summed E-state index contributed by atoms with van der Waals surface area (Å²) in [5.41, 5.74) is 1.18. The number of nitrogens with one attached hydrogen (secondary N) is 2. The van der Waals surface area contributed by atoms with Gasteiger partial charge in [0.05, 0.1) is 18.4 Å². The molecule has 1 atom stereocenters. The maximum absolute atomic E-state index is 12.2. The van der Waals surface area contributed by atoms with Gasteiger partial charge in [-0.15, -0.1) is 11.3 Å². The smallest absolute Gasteiger partial charge is 0.321 e. The molecule has 0 spiro atoms. The molecule has 1 aromatic heterocycles. The molecule has 1 aliphatic heterocycles. The highest BCUT2D eigenvalue weighted by molar-refractivity contribution is 7.15. The van der Waals surface area contributed by atoms with Crippen LogP contribution in [0.4, 0.5) is 9.93 Å². The van der Waals surface area contributed by atoms with Crippen LogP contribution in [0.15, 0.2) is 0 Å². The summed E-state index contributed by atoms with van der Waals surface area (Å²) in [6, 6.07) is -0.187. The Kier molecular flexibility index (Phi) is 6.67. The van der Waals surface area contributed by atoms with Gasteiger partial charge in [0.2, 0.25) is 0 Å². The lowest BCUT2D eigenvalue weighted by molar-refractivity contribution is -0.0288. The van der Waals surface area contributed by atoms with E-state index in [1.54, 1.807) is 11.3 Å². The van der Waals surface area contributed by atoms with Crippen LogP contribution in [0.5, 0.6) is 0 Å². The van der Waals surface area contributed by atoms with Gasteiger partial charge in [0.25, 0.3) is 0 Å². The number of urea groups is 1. The van der Waals surface area contributed by atoms with Crippen LogP contribution in [-0.4, -0.2) is 54.8 Å². The van der Waals surface area contributed by atoms with E-state index < -0.39 is 0 Å². The minimum absolute atomic E-state index is 0.0614. The van der Waals surface area contributed by atoms with Crippen LogP contribution in [0.25, 0.3) is 0 Å². The summed E-state index contributed by atoms with van der Waals surface area (Å²) in [5, 5.41) is 6.54. The second kappa shape index (κ2) is 8.96. The van der Waals surface area contributed by atoms with Crippen LogP contribution in [0, 0.1) is 5.92 Å². The van der Waals surface area contributed by atoms with E-state index in [1.165, 1.54) is 29.8 Å². The number of anilines is 1. The number of hydrogen-bond acceptors (Lipinski definition) is 5. The maximum Gasteiger partial charge on any atom is 0.321 e. The van der Waals surface area contributed by atoms with Crippen molar-refractivity contribution < 1.29 is 9.53 Å². The van der Waals surface area contributed by atoms with Crippen LogP contribution in [0.3, 0.4) is 0 Å². The highest BCUT2D eigenvalue weighted by Crippen LogP contribution is 2.28. The van der Waals surface area contributed by atoms with Gasteiger partial charge in [-0.05, 0) is 31.6 Å². The average Bonchev–Trinajstić information content (AvgIpc) is 2.81. The lowest BCUT2D eigenvalue weighted by atomic mass is 10.2. The number of hydrogen-bond donors (Lipinski definition) is 2. The molecule has 2 amide bonds. The molecule has 6 nitrogen and oxygen atoms in total. The van der Waals surface area contributed by atoms with E-state index in [-0.39, 0.29) is 12.1 Å². The van der Waals surface area contributed by atoms with Gasteiger partial charge in [0, 0.05) is 31.1 Å². The van der Waals surface area contributed by atoms with Crippen LogP contribution >= 0.6 is 11.3 Å². The number of thiazole rings is 1. The summed E-state index contributed by atoms with van der Waals surface area (Å²) in [6.45, 7) is 8.66. The Bertz CT molecular complexity index is 552. The Balaban J connectivity index is 1.43. The van der Waals surface area contributed by atoms with Crippen molar-refractivity contribution in [3.63, 3.8) is 0 Å². The molecule has 25 heavy (non-hydrogen) atoms. The average molecular weight is 367 g/mol. The van der Waals surface area contributed by atoms with Gasteiger partial charge in [-0.2, -0.15) is 0 Å². The molecule has 1 aromatic rings. The normalized spacial score (nSPS) is 21.6. The van der Waals surface area contributed by atoms with Gasteiger partial charge in [-0.25, -0.2) is 9.78 Å². The topological polar surface area (TPSA) is 66.5 Å². The molecule has 0 radical (unpaired) electrons. The number of morpholine rings is 1. The van der Waals surface area contributed by atoms with Gasteiger partial charge in [-0.1, -0.05) is 20.3 Å². The minimum Gasteiger partial charge on any atom is -0.374 e. The van der Waals surface area contributed by atoms with Crippen molar-refractivity contribution in [2.75, 3.05) is 38.1 Å². The zero-order valence-corrected chi connectivity index (χ0v) is 16.2. The van der Waals surface area contributed by atoms with Crippen LogP contribution in [0.2, 0.25) is 0 Å². The quantitative estimate of drug-likeness (QED) is 0.787. The van der Waals surface area contributed by atoms with E-state index in [9.17, 15) is 4.79 Å². The molecular formula is C18H30N4O2S. The Morgan fingerprint density at radius 2 is 2.20 bits per heavy atom. The number of rotatable bonds is 5. The lowest BCUT2D eigenvalue weighted by Gasteiger charge is -2.33. The molecule has 3 rings (SSSR count). The van der Waals surface area contributed by atoms with Crippen molar-refractivity contribution in [2.45, 2.75) is 52.1 Å². The molecule has 1 fully saturated rings. The zero-order valence-electron chi connectivity index (χ0n) is 15.3. The number of fused-ring (bicyclic) bond motifs is 1. The van der Waals surface area contributed by atoms with E-state index in [0.29, 0.717) is 12.5 Å². The summed E-state index contributed by atoms with van der Waals surface area (Å²) in [4.78, 5) is 20.5. The predicted octanol–water partition coefficient (Wildman–Crippen LogP) is 2.89. The fourth-order valence-corrected chi connectivity index (χ4v) is 4.56. The largest absolute Gasteiger partial charge is 0.374 e. The fourth-order valence-electron chi connectivity index (χ4n) is 3.52. The number of carbonyl (C=O) groups is 1. The zero-order chi connectivity index (χ0) is 17.6. The fraction of sp³-hybridized carbons (Fsp3) is 0.778. The van der Waals surface area contributed by atoms with Crippen molar-refractivity contribution in [1.29, 1.82) is 0 Å². The van der Waals surface area contributed by atoms with Crippen molar-refractivity contribution in [2.24, 2.45) is 5.92 Å². The van der Waals surface area contributed by atoms with Gasteiger partial charge >= 0.3 is 6.03 Å². The maximum atomic E-state index is 12.2. The predicted molar refractivity (Wildman–Crippen MR) is 101 cm³/mol. The number of ether oxygens (including phenoxy) is 1. The Labute approximate surface area is 154 Å². The minimum atomic E-state index is -0.187. The number of aryl methyl sites for hydroxylation is 2. The first-order valence-corrected chi connectivity index (χ1v) is 10.3. The molecule has 0 saturated carbocycles. The highest BCUT2D eigenvalue weighted by Gasteiger charge is 2.22. The van der Waals surface area contributed by atoms with Crippen molar-refractivity contribution in [1.82, 2.24) is 15.2 Å². The summed E-state index contributed by atoms with van der Waals surface area (Å²) in [5.74, 6) is 0.648. The molecule has 7 heteroatoms. The number of nitrogens with zero attached hydrogens (tertiary/aromatic N) is 2. The molecule has 1 aliphatic carbocycles. The second-order valence-electron chi connectivity index (χ2n) is 7.43. The molecule has 1 unspecified atom stereocenters. The molecule has 2 heterocycles. The number of amides is 2. The summed E-state index contributed by atoms with van der Waals surface area (Å²) < 4.78 is 5.77. The van der Waals surface area contributed by atoms with Gasteiger partial charge in [0.1, 0.15) is 0 Å². The summed E-state index contributed by atoms with van der Waals surface area (Å²) in [6.07, 6.45) is 5.91. The third kappa shape index (κ3) is 5.66. The molecule has 140 valence electrons. The van der Waals surface area contributed by atoms with Gasteiger partial charge < -0.3 is 10.1 Å². The van der Waals surface area contributed by atoms with Gasteiger partial charge in [-0.3, -0.25) is 10.2 Å². The molecule has 0 aromatic carbocycles. The Morgan fingerprint density at radius 3 is 3.04 bits per heavy atom. The molecule has 1 saturated heterocycles. The Hall–Kier alpha value is -1.18. The number of aromatic nitrogens is 1. The lowest BCUT2D eigenvalue weighted by Crippen LogP contribution is -2.48. The van der Waals surface area contributed by atoms with E-state index in [0.717, 1.165) is 44.2 Å². The molecule has 0 bridgehead atoms. The first-order valence-electron chi connectivity index (χ1n) is 9.47. The van der Waals surface area contributed by atoms with Gasteiger partial charge in [0.15, 0.2) is 5.13 Å². The first kappa shape index (κ1) is 18.6. The second-order valence-corrected chi connectivity index (χ2v) is 8.51. The van der Waals surface area contributed by atoms with Crippen molar-refractivity contribution >= 4 is 22.5 Å². The first-order chi connectivity index (χ1) is 12.1. The van der Waals surface area contributed by atoms with Crippen molar-refractivity contribution in [3.8, 4) is 0 Å². The van der Waals surface area contributed by atoms with Crippen LogP contribution in [-0.2, 0) is 17.6 Å². The van der Waals surface area contributed by atoms with E-state index in [1.807, 2.05) is 0 Å². The standard InChI is InChI=1S/C18H30N4O2S/c1-13(2)11-22-8-9-24-14(12-22)10-19-17(23)21-18-20-15-6-4-3-5-7-16(15)25-18/h13-14H,3-12H2,1-2H3,(H2,19,20,21,23). The third-order valence-corrected chi connectivity index (χ3v) is 5.73. The van der Waals surface area contributed by atoms with E-state index in [4.69, 9.17) is 4.74 Å². The SMILES string of the molecule is CC(C)CN1CCOC(CNC(=O)Nc2nc3c(s2)CCCCC3)C1. The van der Waals surface area contributed by atoms with Crippen molar-refractivity contribution in [3.05, 3.63) is 10.6 Å². The number of carbonyl (C=O) groups excluding carboxylic acids is 1. The summed E-state index contributed by atoms with van der Waals surface area (Å²) in [7, 11) is 0. The Morgan fingerprint density at radius 1 is 1.36 bits per heavy atom. The van der Waals surface area contributed by atoms with Crippen LogP contribution in [0.1, 0.15) is 43.7 Å². The highest BCUT2D eigenvalue weighted by atomic mass is 32.1. The molecular weight excluding hydrogens is 336 g/mol. The van der Waals surface area contributed by atoms with E-state index >= 15 is 0 Å².